The summed E-state index contributed by atoms with van der Waals surface area (Å²) in [6.45, 7) is 7.59. The van der Waals surface area contributed by atoms with Gasteiger partial charge in [-0.15, -0.1) is 0 Å². The third kappa shape index (κ3) is 4.50. The minimum absolute atomic E-state index is 0.261. The fourth-order valence-electron chi connectivity index (χ4n) is 1.75. The van der Waals surface area contributed by atoms with Crippen LogP contribution < -0.4 is 0 Å². The van der Waals surface area contributed by atoms with Gasteiger partial charge in [0.05, 0.1) is 0 Å². The van der Waals surface area contributed by atoms with Crippen molar-refractivity contribution in [2.75, 3.05) is 0 Å². The second-order valence-electron chi connectivity index (χ2n) is 5.21. The van der Waals surface area contributed by atoms with Crippen LogP contribution in [0, 0.1) is 30.5 Å². The van der Waals surface area contributed by atoms with E-state index in [1.165, 1.54) is 6.07 Å². The van der Waals surface area contributed by atoms with Crippen molar-refractivity contribution in [1.29, 1.82) is 0 Å². The van der Waals surface area contributed by atoms with Gasteiger partial charge in [-0.2, -0.15) is 0 Å². The molecule has 1 aromatic carbocycles. The summed E-state index contributed by atoms with van der Waals surface area (Å²) in [6.07, 6.45) is 1.64. The Kier molecular flexibility index (Phi) is 4.93. The van der Waals surface area contributed by atoms with Gasteiger partial charge < -0.3 is 5.11 Å². The minimum atomic E-state index is -1.02. The first-order chi connectivity index (χ1) is 8.34. The van der Waals surface area contributed by atoms with Gasteiger partial charge in [-0.05, 0) is 43.9 Å². The van der Waals surface area contributed by atoms with Gasteiger partial charge in [0.2, 0.25) is 0 Å². The van der Waals surface area contributed by atoms with E-state index in [4.69, 9.17) is 0 Å². The fraction of sp³-hybridized carbons (Fsp3) is 0.500. The Morgan fingerprint density at radius 3 is 2.67 bits per heavy atom. The summed E-state index contributed by atoms with van der Waals surface area (Å²) in [5, 5.41) is 10.1. The van der Waals surface area contributed by atoms with Crippen molar-refractivity contribution < 1.29 is 9.50 Å². The van der Waals surface area contributed by atoms with E-state index in [1.54, 1.807) is 26.0 Å². The lowest BCUT2D eigenvalue weighted by Crippen LogP contribution is -2.24. The normalized spacial score (nSPS) is 15.4. The van der Waals surface area contributed by atoms with Crippen LogP contribution in [0.5, 0.6) is 0 Å². The van der Waals surface area contributed by atoms with Crippen LogP contribution >= 0.6 is 0 Å². The van der Waals surface area contributed by atoms with Gasteiger partial charge in [-0.25, -0.2) is 4.39 Å². The SMILES string of the molecule is CCC(C)CC(C)(O)C#Cc1ccc(C)c(F)c1. The van der Waals surface area contributed by atoms with Crippen molar-refractivity contribution in [1.82, 2.24) is 0 Å². The molecular weight excluding hydrogens is 227 g/mol. The molecule has 2 atom stereocenters. The van der Waals surface area contributed by atoms with Gasteiger partial charge in [0.15, 0.2) is 0 Å². The largest absolute Gasteiger partial charge is 0.378 e. The first-order valence-electron chi connectivity index (χ1n) is 6.36. The number of aliphatic hydroxyl groups is 1. The molecule has 0 aliphatic heterocycles. The predicted octanol–water partition coefficient (Wildman–Crippen LogP) is 3.67. The summed E-state index contributed by atoms with van der Waals surface area (Å²) in [4.78, 5) is 0. The van der Waals surface area contributed by atoms with E-state index in [1.807, 2.05) is 0 Å². The highest BCUT2D eigenvalue weighted by atomic mass is 19.1. The van der Waals surface area contributed by atoms with E-state index in [9.17, 15) is 9.50 Å². The Hall–Kier alpha value is -1.33. The van der Waals surface area contributed by atoms with Crippen LogP contribution in [-0.4, -0.2) is 10.7 Å². The Labute approximate surface area is 109 Å². The summed E-state index contributed by atoms with van der Waals surface area (Å²) >= 11 is 0. The average molecular weight is 248 g/mol. The molecule has 18 heavy (non-hydrogen) atoms. The molecule has 0 radical (unpaired) electrons. The van der Waals surface area contributed by atoms with Crippen molar-refractivity contribution in [3.05, 3.63) is 35.1 Å². The first kappa shape index (κ1) is 14.7. The molecule has 0 aromatic heterocycles. The number of rotatable bonds is 3. The molecule has 0 heterocycles. The maximum atomic E-state index is 13.3. The Morgan fingerprint density at radius 2 is 2.11 bits per heavy atom. The van der Waals surface area contributed by atoms with E-state index < -0.39 is 5.60 Å². The molecule has 1 rings (SSSR count). The van der Waals surface area contributed by atoms with Crippen molar-refractivity contribution in [2.24, 2.45) is 5.92 Å². The molecule has 0 bridgehead atoms. The molecule has 1 nitrogen and oxygen atoms in total. The molecule has 0 fully saturated rings. The van der Waals surface area contributed by atoms with E-state index in [-0.39, 0.29) is 5.82 Å². The zero-order chi connectivity index (χ0) is 13.8. The lowest BCUT2D eigenvalue weighted by Gasteiger charge is -2.20. The van der Waals surface area contributed by atoms with Crippen LogP contribution in [0.3, 0.4) is 0 Å². The van der Waals surface area contributed by atoms with Gasteiger partial charge >= 0.3 is 0 Å². The fourth-order valence-corrected chi connectivity index (χ4v) is 1.75. The number of aryl methyl sites for hydroxylation is 1. The Morgan fingerprint density at radius 1 is 1.44 bits per heavy atom. The summed E-state index contributed by atoms with van der Waals surface area (Å²) < 4.78 is 13.3. The molecule has 0 aliphatic carbocycles. The van der Waals surface area contributed by atoms with Crippen LogP contribution in [-0.2, 0) is 0 Å². The van der Waals surface area contributed by atoms with Crippen LogP contribution in [0.2, 0.25) is 0 Å². The molecular formula is C16H21FO. The zero-order valence-corrected chi connectivity index (χ0v) is 11.5. The molecule has 0 amide bonds. The Bertz CT molecular complexity index is 466. The molecule has 0 saturated carbocycles. The molecule has 1 N–H and O–H groups in total. The minimum Gasteiger partial charge on any atom is -0.378 e. The standard InChI is InChI=1S/C16H21FO/c1-5-12(2)11-16(4,18)9-8-14-7-6-13(3)15(17)10-14/h6-7,10,12,18H,5,11H2,1-4H3. The topological polar surface area (TPSA) is 20.2 Å². The van der Waals surface area contributed by atoms with E-state index >= 15 is 0 Å². The second kappa shape index (κ2) is 6.02. The molecule has 0 saturated heterocycles. The molecule has 98 valence electrons. The number of benzene rings is 1. The summed E-state index contributed by atoms with van der Waals surface area (Å²) in [6, 6.07) is 4.87. The van der Waals surface area contributed by atoms with Gasteiger partial charge in [0.1, 0.15) is 11.4 Å². The van der Waals surface area contributed by atoms with Gasteiger partial charge in [0, 0.05) is 5.56 Å². The monoisotopic (exact) mass is 248 g/mol. The highest BCUT2D eigenvalue weighted by Gasteiger charge is 2.19. The first-order valence-corrected chi connectivity index (χ1v) is 6.36. The van der Waals surface area contributed by atoms with Crippen molar-refractivity contribution in [3.63, 3.8) is 0 Å². The summed E-state index contributed by atoms with van der Waals surface area (Å²) in [5.74, 6) is 5.83. The van der Waals surface area contributed by atoms with Gasteiger partial charge in [0.25, 0.3) is 0 Å². The molecule has 0 aliphatic rings. The highest BCUT2D eigenvalue weighted by molar-refractivity contribution is 5.38. The molecule has 1 aromatic rings. The van der Waals surface area contributed by atoms with Crippen LogP contribution in [0.1, 0.15) is 44.7 Å². The Balaban J connectivity index is 2.83. The quantitative estimate of drug-likeness (QED) is 0.809. The molecule has 2 unspecified atom stereocenters. The lowest BCUT2D eigenvalue weighted by atomic mass is 9.92. The number of hydrogen-bond acceptors (Lipinski definition) is 1. The van der Waals surface area contributed by atoms with Crippen molar-refractivity contribution in [2.45, 2.75) is 46.1 Å². The third-order valence-corrected chi connectivity index (χ3v) is 3.09. The maximum absolute atomic E-state index is 13.3. The zero-order valence-electron chi connectivity index (χ0n) is 11.5. The van der Waals surface area contributed by atoms with E-state index in [2.05, 4.69) is 25.7 Å². The smallest absolute Gasteiger partial charge is 0.127 e. The van der Waals surface area contributed by atoms with Crippen LogP contribution in [0.4, 0.5) is 4.39 Å². The maximum Gasteiger partial charge on any atom is 0.127 e. The second-order valence-corrected chi connectivity index (χ2v) is 5.21. The summed E-state index contributed by atoms with van der Waals surface area (Å²) in [7, 11) is 0. The highest BCUT2D eigenvalue weighted by Crippen LogP contribution is 2.18. The van der Waals surface area contributed by atoms with Crippen LogP contribution in [0.15, 0.2) is 18.2 Å². The average Bonchev–Trinajstić information content (AvgIpc) is 2.30. The number of halogens is 1. The summed E-state index contributed by atoms with van der Waals surface area (Å²) in [5.41, 5.74) is 0.186. The third-order valence-electron chi connectivity index (χ3n) is 3.09. The number of hydrogen-bond donors (Lipinski definition) is 1. The molecule has 2 heteroatoms. The van der Waals surface area contributed by atoms with Crippen molar-refractivity contribution >= 4 is 0 Å². The predicted molar refractivity (Wildman–Crippen MR) is 72.7 cm³/mol. The molecule has 0 spiro atoms. The lowest BCUT2D eigenvalue weighted by molar-refractivity contribution is 0.0939. The van der Waals surface area contributed by atoms with Gasteiger partial charge in [-0.3, -0.25) is 0 Å². The van der Waals surface area contributed by atoms with E-state index in [0.29, 0.717) is 23.5 Å². The van der Waals surface area contributed by atoms with Crippen LogP contribution in [0.25, 0.3) is 0 Å². The van der Waals surface area contributed by atoms with Gasteiger partial charge in [-0.1, -0.05) is 38.2 Å². The van der Waals surface area contributed by atoms with E-state index in [0.717, 1.165) is 6.42 Å². The van der Waals surface area contributed by atoms with Crippen molar-refractivity contribution in [3.8, 4) is 11.8 Å².